The van der Waals surface area contributed by atoms with E-state index in [0.29, 0.717) is 18.2 Å². The molecule has 1 amide bonds. The zero-order chi connectivity index (χ0) is 21.8. The van der Waals surface area contributed by atoms with Gasteiger partial charge in [0.2, 0.25) is 0 Å². The van der Waals surface area contributed by atoms with Gasteiger partial charge in [-0.05, 0) is 29.8 Å². The molecule has 8 nitrogen and oxygen atoms in total. The standard InChI is InChI=1S/C23H22N6O2/c1-29(2)23(30)19-12-27-22(13-26-19)28-21-11-15(9-10-25-21)14-31-20-8-7-18(24)16-5-3-4-6-17(16)20/h3-13H,14,24H2,1-2H3,(H,25,27,28). The Labute approximate surface area is 179 Å². The van der Waals surface area contributed by atoms with Crippen LogP contribution in [0.15, 0.2) is 67.1 Å². The first-order chi connectivity index (χ1) is 15.0. The van der Waals surface area contributed by atoms with E-state index in [0.717, 1.165) is 27.8 Å². The van der Waals surface area contributed by atoms with Crippen LogP contribution in [0.3, 0.4) is 0 Å². The number of pyridine rings is 1. The maximum absolute atomic E-state index is 11.9. The summed E-state index contributed by atoms with van der Waals surface area (Å²) in [6, 6.07) is 15.4. The second-order valence-electron chi connectivity index (χ2n) is 7.15. The Bertz CT molecular complexity index is 1220. The van der Waals surface area contributed by atoms with Crippen LogP contribution in [0, 0.1) is 0 Å². The van der Waals surface area contributed by atoms with Crippen LogP contribution in [0.25, 0.3) is 10.8 Å². The van der Waals surface area contributed by atoms with Gasteiger partial charge in [-0.1, -0.05) is 24.3 Å². The van der Waals surface area contributed by atoms with Crippen LogP contribution in [-0.2, 0) is 6.61 Å². The number of rotatable bonds is 6. The minimum atomic E-state index is -0.202. The van der Waals surface area contributed by atoms with Gasteiger partial charge in [0.1, 0.15) is 29.7 Å². The van der Waals surface area contributed by atoms with E-state index in [4.69, 9.17) is 10.5 Å². The fourth-order valence-electron chi connectivity index (χ4n) is 3.08. The van der Waals surface area contributed by atoms with E-state index >= 15 is 0 Å². The lowest BCUT2D eigenvalue weighted by atomic mass is 10.1. The topological polar surface area (TPSA) is 106 Å². The number of hydrogen-bond donors (Lipinski definition) is 2. The van der Waals surface area contributed by atoms with Crippen LogP contribution in [0.5, 0.6) is 5.75 Å². The molecule has 0 radical (unpaired) electrons. The predicted octanol–water partition coefficient (Wildman–Crippen LogP) is 3.63. The zero-order valence-electron chi connectivity index (χ0n) is 17.2. The van der Waals surface area contributed by atoms with Gasteiger partial charge in [0.15, 0.2) is 0 Å². The van der Waals surface area contributed by atoms with Crippen LogP contribution in [0.2, 0.25) is 0 Å². The van der Waals surface area contributed by atoms with Gasteiger partial charge in [-0.25, -0.2) is 15.0 Å². The van der Waals surface area contributed by atoms with Crippen LogP contribution in [-0.4, -0.2) is 39.9 Å². The number of fused-ring (bicyclic) bond motifs is 1. The van der Waals surface area contributed by atoms with E-state index in [2.05, 4.69) is 20.3 Å². The van der Waals surface area contributed by atoms with Crippen molar-refractivity contribution < 1.29 is 9.53 Å². The molecule has 31 heavy (non-hydrogen) atoms. The van der Waals surface area contributed by atoms with Crippen LogP contribution < -0.4 is 15.8 Å². The summed E-state index contributed by atoms with van der Waals surface area (Å²) in [5.74, 6) is 1.66. The smallest absolute Gasteiger partial charge is 0.273 e. The van der Waals surface area contributed by atoms with E-state index < -0.39 is 0 Å². The maximum atomic E-state index is 11.9. The molecule has 0 bridgehead atoms. The summed E-state index contributed by atoms with van der Waals surface area (Å²) in [7, 11) is 3.34. The average Bonchev–Trinajstić information content (AvgIpc) is 2.79. The Morgan fingerprint density at radius 2 is 1.81 bits per heavy atom. The first kappa shape index (κ1) is 20.1. The lowest BCUT2D eigenvalue weighted by Crippen LogP contribution is -2.22. The Morgan fingerprint density at radius 3 is 2.55 bits per heavy atom. The van der Waals surface area contributed by atoms with E-state index in [9.17, 15) is 4.79 Å². The quantitative estimate of drug-likeness (QED) is 0.464. The monoisotopic (exact) mass is 414 g/mol. The zero-order valence-corrected chi connectivity index (χ0v) is 17.2. The number of amides is 1. The molecule has 0 saturated carbocycles. The van der Waals surface area contributed by atoms with E-state index in [1.165, 1.54) is 17.3 Å². The molecule has 4 aromatic rings. The molecular weight excluding hydrogens is 392 g/mol. The highest BCUT2D eigenvalue weighted by molar-refractivity contribution is 5.97. The molecule has 0 aliphatic heterocycles. The Kier molecular flexibility index (Phi) is 5.61. The van der Waals surface area contributed by atoms with Gasteiger partial charge in [-0.15, -0.1) is 0 Å². The molecule has 0 fully saturated rings. The average molecular weight is 414 g/mol. The van der Waals surface area contributed by atoms with E-state index in [-0.39, 0.29) is 11.6 Å². The highest BCUT2D eigenvalue weighted by Crippen LogP contribution is 2.30. The number of nitrogens with two attached hydrogens (primary N) is 1. The Morgan fingerprint density at radius 1 is 1.00 bits per heavy atom. The minimum Gasteiger partial charge on any atom is -0.488 e. The minimum absolute atomic E-state index is 0.202. The summed E-state index contributed by atoms with van der Waals surface area (Å²) in [4.78, 5) is 26.1. The molecule has 0 atom stereocenters. The molecule has 0 aliphatic rings. The number of hydrogen-bond acceptors (Lipinski definition) is 7. The normalized spacial score (nSPS) is 10.6. The number of carbonyl (C=O) groups excluding carboxylic acids is 1. The number of ether oxygens (including phenoxy) is 1. The number of carbonyl (C=O) groups is 1. The molecule has 8 heteroatoms. The van der Waals surface area contributed by atoms with Crippen molar-refractivity contribution in [2.75, 3.05) is 25.1 Å². The Hall–Kier alpha value is -4.20. The van der Waals surface area contributed by atoms with Gasteiger partial charge in [0.05, 0.1) is 12.4 Å². The maximum Gasteiger partial charge on any atom is 0.273 e. The van der Waals surface area contributed by atoms with Gasteiger partial charge in [-0.2, -0.15) is 0 Å². The highest BCUT2D eigenvalue weighted by Gasteiger charge is 2.10. The molecule has 0 aliphatic carbocycles. The largest absolute Gasteiger partial charge is 0.488 e. The summed E-state index contributed by atoms with van der Waals surface area (Å²) in [5, 5.41) is 5.03. The number of anilines is 3. The van der Waals surface area contributed by atoms with Gasteiger partial charge in [0.25, 0.3) is 5.91 Å². The fourth-order valence-corrected chi connectivity index (χ4v) is 3.08. The molecule has 0 spiro atoms. The van der Waals surface area contributed by atoms with Crippen molar-refractivity contribution in [3.05, 3.63) is 78.4 Å². The third-order valence-corrected chi connectivity index (χ3v) is 4.67. The van der Waals surface area contributed by atoms with Gasteiger partial charge < -0.3 is 20.7 Å². The second-order valence-corrected chi connectivity index (χ2v) is 7.15. The number of aromatic nitrogens is 3. The molecule has 3 N–H and O–H groups in total. The van der Waals surface area contributed by atoms with Crippen molar-refractivity contribution in [3.63, 3.8) is 0 Å². The third-order valence-electron chi connectivity index (χ3n) is 4.67. The highest BCUT2D eigenvalue weighted by atomic mass is 16.5. The molecule has 2 aromatic carbocycles. The van der Waals surface area contributed by atoms with Gasteiger partial charge in [-0.3, -0.25) is 4.79 Å². The second kappa shape index (κ2) is 8.66. The molecule has 2 aromatic heterocycles. The first-order valence-corrected chi connectivity index (χ1v) is 9.67. The predicted molar refractivity (Wildman–Crippen MR) is 120 cm³/mol. The van der Waals surface area contributed by atoms with Crippen LogP contribution in [0.4, 0.5) is 17.3 Å². The molecule has 2 heterocycles. The number of nitrogens with zero attached hydrogens (tertiary/aromatic N) is 4. The summed E-state index contributed by atoms with van der Waals surface area (Å²) in [6.45, 7) is 0.368. The molecule has 0 saturated heterocycles. The SMILES string of the molecule is CN(C)C(=O)c1cnc(Nc2cc(COc3ccc(N)c4ccccc34)ccn2)cn1. The third kappa shape index (κ3) is 4.53. The van der Waals surface area contributed by atoms with Crippen molar-refractivity contribution in [2.45, 2.75) is 6.61 Å². The molecule has 156 valence electrons. The Balaban J connectivity index is 1.46. The van der Waals surface area contributed by atoms with Crippen molar-refractivity contribution >= 4 is 34.0 Å². The molecule has 0 unspecified atom stereocenters. The number of benzene rings is 2. The van der Waals surface area contributed by atoms with E-state index in [1.807, 2.05) is 48.5 Å². The number of nitrogens with one attached hydrogen (secondary N) is 1. The van der Waals surface area contributed by atoms with Gasteiger partial charge in [0, 0.05) is 36.8 Å². The van der Waals surface area contributed by atoms with Crippen LogP contribution in [0.1, 0.15) is 16.1 Å². The molecule has 4 rings (SSSR count). The fraction of sp³-hybridized carbons (Fsp3) is 0.130. The van der Waals surface area contributed by atoms with Crippen molar-refractivity contribution in [2.24, 2.45) is 0 Å². The summed E-state index contributed by atoms with van der Waals surface area (Å²) in [5.41, 5.74) is 8.00. The summed E-state index contributed by atoms with van der Waals surface area (Å²) >= 11 is 0. The van der Waals surface area contributed by atoms with Crippen molar-refractivity contribution in [1.82, 2.24) is 19.9 Å². The summed E-state index contributed by atoms with van der Waals surface area (Å²) < 4.78 is 6.05. The van der Waals surface area contributed by atoms with Crippen LogP contribution >= 0.6 is 0 Å². The van der Waals surface area contributed by atoms with E-state index in [1.54, 1.807) is 20.3 Å². The first-order valence-electron chi connectivity index (χ1n) is 9.67. The lowest BCUT2D eigenvalue weighted by Gasteiger charge is -2.12. The summed E-state index contributed by atoms with van der Waals surface area (Å²) in [6.07, 6.45) is 4.63. The van der Waals surface area contributed by atoms with Crippen molar-refractivity contribution in [3.8, 4) is 5.75 Å². The van der Waals surface area contributed by atoms with Crippen molar-refractivity contribution in [1.29, 1.82) is 0 Å². The lowest BCUT2D eigenvalue weighted by molar-refractivity contribution is 0.0821. The number of nitrogen functional groups attached to an aromatic ring is 1. The molecular formula is C23H22N6O2. The van der Waals surface area contributed by atoms with Gasteiger partial charge >= 0.3 is 0 Å².